The molecule has 2 N–H and O–H groups in total. The Morgan fingerprint density at radius 2 is 1.95 bits per heavy atom. The fraction of sp³-hybridized carbons (Fsp3) is 0.714. The van der Waals surface area contributed by atoms with Crippen molar-refractivity contribution in [2.24, 2.45) is 5.73 Å². The third kappa shape index (κ3) is 4.49. The van der Waals surface area contributed by atoms with Crippen LogP contribution in [0, 0.1) is 0 Å². The monoisotopic (exact) mass is 291 g/mol. The molecule has 0 aromatic carbocycles. The van der Waals surface area contributed by atoms with E-state index in [2.05, 4.69) is 6.07 Å². The molecule has 0 saturated heterocycles. The lowest BCUT2D eigenvalue weighted by atomic mass is 10.1. The number of nitrogens with two attached hydrogens (primary N) is 1. The van der Waals surface area contributed by atoms with Crippen LogP contribution in [0.4, 0.5) is 13.2 Å². The molecule has 0 fully saturated rings. The molecule has 19 heavy (non-hydrogen) atoms. The summed E-state index contributed by atoms with van der Waals surface area (Å²) in [5.74, 6) is 0. The molecule has 5 heteroatoms. The third-order valence-electron chi connectivity index (χ3n) is 3.61. The van der Waals surface area contributed by atoms with Crippen LogP contribution in [0.25, 0.3) is 0 Å². The standard InChI is InChI=1S/C14H20F3NS/c15-14(16,17)8-4-6-11(18)13-9-10-5-2-1-3-7-12(10)19-13/h9,11H,1-8,18H2. The molecule has 108 valence electrons. The topological polar surface area (TPSA) is 26.0 Å². The van der Waals surface area contributed by atoms with Gasteiger partial charge in [-0.05, 0) is 50.2 Å². The Kier molecular flexibility index (Phi) is 4.90. The van der Waals surface area contributed by atoms with E-state index in [0.717, 1.165) is 17.7 Å². The Morgan fingerprint density at radius 1 is 1.21 bits per heavy atom. The summed E-state index contributed by atoms with van der Waals surface area (Å²) in [7, 11) is 0. The summed E-state index contributed by atoms with van der Waals surface area (Å²) in [5.41, 5.74) is 7.40. The van der Waals surface area contributed by atoms with Crippen molar-refractivity contribution in [1.82, 2.24) is 0 Å². The lowest BCUT2D eigenvalue weighted by molar-refractivity contribution is -0.135. The number of hydrogen-bond acceptors (Lipinski definition) is 2. The molecular formula is C14H20F3NS. The SMILES string of the molecule is NC(CCCC(F)(F)F)c1cc2c(s1)CCCCC2. The molecule has 1 unspecified atom stereocenters. The van der Waals surface area contributed by atoms with Gasteiger partial charge in [0.25, 0.3) is 0 Å². The molecule has 0 radical (unpaired) electrons. The minimum absolute atomic E-state index is 0.118. The molecule has 0 amide bonds. The van der Waals surface area contributed by atoms with Crippen LogP contribution in [0.1, 0.15) is 59.9 Å². The highest BCUT2D eigenvalue weighted by Crippen LogP contribution is 2.33. The fourth-order valence-corrected chi connectivity index (χ4v) is 3.83. The summed E-state index contributed by atoms with van der Waals surface area (Å²) >= 11 is 1.71. The minimum Gasteiger partial charge on any atom is -0.323 e. The van der Waals surface area contributed by atoms with E-state index < -0.39 is 12.6 Å². The Labute approximate surface area is 116 Å². The molecule has 0 saturated carbocycles. The first kappa shape index (κ1) is 14.9. The zero-order valence-corrected chi connectivity index (χ0v) is 11.7. The summed E-state index contributed by atoms with van der Waals surface area (Å²) in [6.45, 7) is 0. The van der Waals surface area contributed by atoms with Gasteiger partial charge in [-0.3, -0.25) is 0 Å². The smallest absolute Gasteiger partial charge is 0.323 e. The lowest BCUT2D eigenvalue weighted by Crippen LogP contribution is -2.12. The molecular weight excluding hydrogens is 271 g/mol. The highest BCUT2D eigenvalue weighted by molar-refractivity contribution is 7.12. The second-order valence-electron chi connectivity index (χ2n) is 5.27. The van der Waals surface area contributed by atoms with Gasteiger partial charge in [0, 0.05) is 22.2 Å². The zero-order chi connectivity index (χ0) is 13.9. The number of rotatable bonds is 4. The second-order valence-corrected chi connectivity index (χ2v) is 6.44. The lowest BCUT2D eigenvalue weighted by Gasteiger charge is -2.10. The third-order valence-corrected chi connectivity index (χ3v) is 4.98. The summed E-state index contributed by atoms with van der Waals surface area (Å²) in [5, 5.41) is 0. The van der Waals surface area contributed by atoms with Gasteiger partial charge in [-0.1, -0.05) is 6.42 Å². The number of aryl methyl sites for hydroxylation is 2. The maximum Gasteiger partial charge on any atom is 0.389 e. The van der Waals surface area contributed by atoms with Gasteiger partial charge in [-0.25, -0.2) is 0 Å². The van der Waals surface area contributed by atoms with Crippen LogP contribution in [0.3, 0.4) is 0 Å². The van der Waals surface area contributed by atoms with Crippen molar-refractivity contribution >= 4 is 11.3 Å². The number of alkyl halides is 3. The molecule has 2 rings (SSSR count). The van der Waals surface area contributed by atoms with Crippen LogP contribution in [0.15, 0.2) is 6.07 Å². The van der Waals surface area contributed by atoms with Gasteiger partial charge in [-0.15, -0.1) is 11.3 Å². The van der Waals surface area contributed by atoms with Gasteiger partial charge in [-0.2, -0.15) is 13.2 Å². The molecule has 1 heterocycles. The highest BCUT2D eigenvalue weighted by Gasteiger charge is 2.26. The van der Waals surface area contributed by atoms with Gasteiger partial charge < -0.3 is 5.73 Å². The van der Waals surface area contributed by atoms with Crippen LogP contribution in [0.2, 0.25) is 0 Å². The molecule has 1 aromatic rings. The molecule has 0 aliphatic heterocycles. The van der Waals surface area contributed by atoms with E-state index in [4.69, 9.17) is 5.73 Å². The van der Waals surface area contributed by atoms with Crippen molar-refractivity contribution in [2.45, 2.75) is 63.6 Å². The molecule has 1 aliphatic rings. The number of hydrogen-bond donors (Lipinski definition) is 1. The average molecular weight is 291 g/mol. The summed E-state index contributed by atoms with van der Waals surface area (Å²) < 4.78 is 36.3. The predicted molar refractivity (Wildman–Crippen MR) is 72.4 cm³/mol. The number of halogens is 3. The fourth-order valence-electron chi connectivity index (χ4n) is 2.54. The van der Waals surface area contributed by atoms with Crippen molar-refractivity contribution in [2.75, 3.05) is 0 Å². The van der Waals surface area contributed by atoms with E-state index in [1.807, 2.05) is 0 Å². The quantitative estimate of drug-likeness (QED) is 0.796. The van der Waals surface area contributed by atoms with E-state index in [1.165, 1.54) is 29.7 Å². The van der Waals surface area contributed by atoms with Crippen LogP contribution >= 0.6 is 11.3 Å². The van der Waals surface area contributed by atoms with Gasteiger partial charge in [0.2, 0.25) is 0 Å². The summed E-state index contributed by atoms with van der Waals surface area (Å²) in [6.07, 6.45) is 1.65. The first-order valence-corrected chi connectivity index (χ1v) is 7.71. The summed E-state index contributed by atoms with van der Waals surface area (Å²) in [6, 6.07) is 1.89. The Bertz CT molecular complexity index is 388. The van der Waals surface area contributed by atoms with Crippen molar-refractivity contribution in [3.05, 3.63) is 21.4 Å². The first-order chi connectivity index (χ1) is 8.96. The zero-order valence-electron chi connectivity index (χ0n) is 10.9. The normalized spacial score (nSPS) is 17.9. The van der Waals surface area contributed by atoms with E-state index in [9.17, 15) is 13.2 Å². The number of thiophene rings is 1. The Balaban J connectivity index is 1.90. The number of fused-ring (bicyclic) bond motifs is 1. The molecule has 1 atom stereocenters. The first-order valence-electron chi connectivity index (χ1n) is 6.89. The summed E-state index contributed by atoms with van der Waals surface area (Å²) in [4.78, 5) is 2.47. The van der Waals surface area contributed by atoms with Gasteiger partial charge >= 0.3 is 6.18 Å². The average Bonchev–Trinajstić information content (AvgIpc) is 2.59. The van der Waals surface area contributed by atoms with Crippen molar-refractivity contribution < 1.29 is 13.2 Å². The Morgan fingerprint density at radius 3 is 2.68 bits per heavy atom. The van der Waals surface area contributed by atoms with Gasteiger partial charge in [0.05, 0.1) is 0 Å². The minimum atomic E-state index is -4.06. The maximum absolute atomic E-state index is 12.1. The highest BCUT2D eigenvalue weighted by atomic mass is 32.1. The van der Waals surface area contributed by atoms with E-state index in [-0.39, 0.29) is 12.5 Å². The van der Waals surface area contributed by atoms with E-state index in [0.29, 0.717) is 6.42 Å². The van der Waals surface area contributed by atoms with E-state index >= 15 is 0 Å². The van der Waals surface area contributed by atoms with Crippen molar-refractivity contribution in [3.63, 3.8) is 0 Å². The van der Waals surface area contributed by atoms with Crippen LogP contribution in [-0.2, 0) is 12.8 Å². The maximum atomic E-state index is 12.1. The van der Waals surface area contributed by atoms with Crippen LogP contribution in [-0.4, -0.2) is 6.18 Å². The van der Waals surface area contributed by atoms with Crippen molar-refractivity contribution in [1.29, 1.82) is 0 Å². The van der Waals surface area contributed by atoms with Gasteiger partial charge in [0.1, 0.15) is 0 Å². The van der Waals surface area contributed by atoms with Crippen LogP contribution in [0.5, 0.6) is 0 Å². The molecule has 0 spiro atoms. The molecule has 1 aliphatic carbocycles. The van der Waals surface area contributed by atoms with Crippen LogP contribution < -0.4 is 5.73 Å². The predicted octanol–water partition coefficient (Wildman–Crippen LogP) is 4.75. The van der Waals surface area contributed by atoms with E-state index in [1.54, 1.807) is 11.3 Å². The second kappa shape index (κ2) is 6.27. The van der Waals surface area contributed by atoms with Gasteiger partial charge in [0.15, 0.2) is 0 Å². The molecule has 0 bridgehead atoms. The van der Waals surface area contributed by atoms with Crippen molar-refractivity contribution in [3.8, 4) is 0 Å². The molecule has 1 aromatic heterocycles. The Hall–Kier alpha value is -0.550. The largest absolute Gasteiger partial charge is 0.389 e. The molecule has 1 nitrogen and oxygen atoms in total.